The predicted molar refractivity (Wildman–Crippen MR) is 196 cm³/mol. The van der Waals surface area contributed by atoms with Crippen LogP contribution in [0.2, 0.25) is 5.02 Å². The fraction of sp³-hybridized carbons (Fsp3) is 0.211. The van der Waals surface area contributed by atoms with Gasteiger partial charge in [-0.25, -0.2) is 0 Å². The Kier molecular flexibility index (Phi) is 11.4. The van der Waals surface area contributed by atoms with Gasteiger partial charge in [0.25, 0.3) is 5.78 Å². The van der Waals surface area contributed by atoms with Gasteiger partial charge in [0.1, 0.15) is 18.1 Å². The third-order valence-corrected chi connectivity index (χ3v) is 10.2. The number of nitrogens with zero attached hydrogens (tertiary/aromatic N) is 3. The van der Waals surface area contributed by atoms with Crippen molar-refractivity contribution in [3.63, 3.8) is 0 Å². The van der Waals surface area contributed by atoms with Crippen LogP contribution in [0.25, 0.3) is 5.76 Å². The summed E-state index contributed by atoms with van der Waals surface area (Å²) in [6.45, 7) is 5.08. The average Bonchev–Trinajstić information content (AvgIpc) is 3.71. The van der Waals surface area contributed by atoms with Crippen LogP contribution in [0, 0.1) is 0 Å². The summed E-state index contributed by atoms with van der Waals surface area (Å²) in [5.74, 6) is 0.0887. The van der Waals surface area contributed by atoms with E-state index in [9.17, 15) is 14.7 Å². The largest absolute Gasteiger partial charge is 0.507 e. The lowest BCUT2D eigenvalue weighted by atomic mass is 9.95. The molecule has 0 aliphatic carbocycles. The first-order valence-corrected chi connectivity index (χ1v) is 18.2. The van der Waals surface area contributed by atoms with Gasteiger partial charge in [0, 0.05) is 16.3 Å². The summed E-state index contributed by atoms with van der Waals surface area (Å²) in [5.41, 5.74) is 2.71. The van der Waals surface area contributed by atoms with E-state index in [1.807, 2.05) is 68.4 Å². The minimum absolute atomic E-state index is 0.0851. The number of benzene rings is 4. The SMILES string of the molecule is CCCOc1ccc(/C(O)=C2\C(=O)C(=O)N(c3nnc(SCc4ccccc4Cl)s3)C2c2ccc(OCc3ccccc3)c(OCC)c2)cc1. The molecule has 1 amide bonds. The number of ether oxygens (including phenoxy) is 3. The number of carbonyl (C=O) groups excluding carboxylic acids is 2. The van der Waals surface area contributed by atoms with Gasteiger partial charge in [-0.05, 0) is 72.5 Å². The lowest BCUT2D eigenvalue weighted by Crippen LogP contribution is -2.29. The van der Waals surface area contributed by atoms with Crippen LogP contribution >= 0.6 is 34.7 Å². The molecule has 4 aromatic carbocycles. The Balaban J connectivity index is 1.39. The highest BCUT2D eigenvalue weighted by Gasteiger charge is 2.48. The van der Waals surface area contributed by atoms with Crippen LogP contribution in [0.1, 0.15) is 48.6 Å². The first-order chi connectivity index (χ1) is 24.4. The van der Waals surface area contributed by atoms with E-state index in [1.165, 1.54) is 28.0 Å². The number of ketones is 1. The van der Waals surface area contributed by atoms with Gasteiger partial charge in [-0.15, -0.1) is 10.2 Å². The van der Waals surface area contributed by atoms with Crippen LogP contribution in [0.3, 0.4) is 0 Å². The summed E-state index contributed by atoms with van der Waals surface area (Å²) in [6.07, 6.45) is 0.844. The third-order valence-electron chi connectivity index (χ3n) is 7.78. The van der Waals surface area contributed by atoms with Gasteiger partial charge in [0.05, 0.1) is 24.8 Å². The Bertz CT molecular complexity index is 2000. The maximum Gasteiger partial charge on any atom is 0.301 e. The molecule has 6 rings (SSSR count). The van der Waals surface area contributed by atoms with Gasteiger partial charge < -0.3 is 19.3 Å². The maximum absolute atomic E-state index is 13.8. The Morgan fingerprint density at radius 3 is 2.40 bits per heavy atom. The topological polar surface area (TPSA) is 111 Å². The molecule has 1 aromatic heterocycles. The van der Waals surface area contributed by atoms with Gasteiger partial charge in [-0.3, -0.25) is 14.5 Å². The number of aliphatic hydroxyl groups excluding tert-OH is 1. The Morgan fingerprint density at radius 2 is 1.66 bits per heavy atom. The number of anilines is 1. The summed E-state index contributed by atoms with van der Waals surface area (Å²) in [5, 5.41) is 21.2. The first-order valence-electron chi connectivity index (χ1n) is 16.0. The number of Topliss-reactive ketones (excluding diaryl/α,β-unsaturated/α-hetero) is 1. The van der Waals surface area contributed by atoms with E-state index in [2.05, 4.69) is 10.2 Å². The first kappa shape index (κ1) is 35.0. The van der Waals surface area contributed by atoms with Gasteiger partial charge in [0.15, 0.2) is 15.8 Å². The molecule has 0 saturated carbocycles. The quantitative estimate of drug-likeness (QED) is 0.0394. The molecule has 0 bridgehead atoms. The fourth-order valence-corrected chi connectivity index (χ4v) is 7.51. The lowest BCUT2D eigenvalue weighted by Gasteiger charge is -2.23. The zero-order valence-electron chi connectivity index (χ0n) is 27.4. The van der Waals surface area contributed by atoms with Crippen LogP contribution in [-0.2, 0) is 21.9 Å². The zero-order valence-corrected chi connectivity index (χ0v) is 29.8. The molecule has 1 saturated heterocycles. The van der Waals surface area contributed by atoms with Crippen molar-refractivity contribution < 1.29 is 28.9 Å². The third kappa shape index (κ3) is 7.80. The molecule has 5 aromatic rings. The molecule has 1 fully saturated rings. The van der Waals surface area contributed by atoms with Crippen LogP contribution in [-0.4, -0.2) is 40.2 Å². The molecule has 1 atom stereocenters. The molecule has 9 nitrogen and oxygen atoms in total. The minimum atomic E-state index is -1.04. The number of rotatable bonds is 14. The van der Waals surface area contributed by atoms with Crippen molar-refractivity contribution in [2.45, 2.75) is 43.0 Å². The lowest BCUT2D eigenvalue weighted by molar-refractivity contribution is -0.132. The van der Waals surface area contributed by atoms with Crippen molar-refractivity contribution in [1.82, 2.24) is 10.2 Å². The number of halogens is 1. The Hall–Kier alpha value is -4.84. The van der Waals surface area contributed by atoms with Crippen molar-refractivity contribution in [1.29, 1.82) is 0 Å². The second-order valence-corrected chi connectivity index (χ2v) is 13.8. The summed E-state index contributed by atoms with van der Waals surface area (Å²) in [6, 6.07) is 28.2. The van der Waals surface area contributed by atoms with E-state index in [4.69, 9.17) is 25.8 Å². The van der Waals surface area contributed by atoms with E-state index < -0.39 is 17.7 Å². The minimum Gasteiger partial charge on any atom is -0.507 e. The smallest absolute Gasteiger partial charge is 0.301 e. The monoisotopic (exact) mass is 727 g/mol. The Labute approximate surface area is 303 Å². The van der Waals surface area contributed by atoms with Gasteiger partial charge in [0.2, 0.25) is 5.13 Å². The highest BCUT2D eigenvalue weighted by Crippen LogP contribution is 2.46. The number of aliphatic hydroxyl groups is 1. The maximum atomic E-state index is 13.8. The molecule has 1 unspecified atom stereocenters. The average molecular weight is 728 g/mol. The molecule has 0 radical (unpaired) electrons. The van der Waals surface area contributed by atoms with Crippen molar-refractivity contribution in [2.75, 3.05) is 18.1 Å². The Morgan fingerprint density at radius 1 is 0.900 bits per heavy atom. The number of thioether (sulfide) groups is 1. The van der Waals surface area contributed by atoms with Crippen molar-refractivity contribution in [3.05, 3.63) is 130 Å². The molecule has 1 aliphatic rings. The van der Waals surface area contributed by atoms with Crippen LogP contribution in [0.15, 0.2) is 107 Å². The summed E-state index contributed by atoms with van der Waals surface area (Å²) < 4.78 is 18.4. The van der Waals surface area contributed by atoms with E-state index in [-0.39, 0.29) is 16.5 Å². The van der Waals surface area contributed by atoms with Crippen molar-refractivity contribution in [2.24, 2.45) is 0 Å². The van der Waals surface area contributed by atoms with Gasteiger partial charge in [-0.2, -0.15) is 0 Å². The van der Waals surface area contributed by atoms with E-state index >= 15 is 0 Å². The zero-order chi connectivity index (χ0) is 35.0. The normalized spacial score (nSPS) is 15.3. The van der Waals surface area contributed by atoms with Crippen LogP contribution in [0.5, 0.6) is 17.2 Å². The molecule has 0 spiro atoms. The van der Waals surface area contributed by atoms with E-state index in [0.717, 1.165) is 17.5 Å². The second kappa shape index (κ2) is 16.2. The number of aromatic nitrogens is 2. The number of amides is 1. The molecule has 50 heavy (non-hydrogen) atoms. The van der Waals surface area contributed by atoms with Gasteiger partial charge in [-0.1, -0.05) is 96.2 Å². The van der Waals surface area contributed by atoms with Crippen LogP contribution < -0.4 is 19.1 Å². The van der Waals surface area contributed by atoms with E-state index in [0.29, 0.717) is 63.3 Å². The summed E-state index contributed by atoms with van der Waals surface area (Å²) in [4.78, 5) is 29.0. The number of hydrogen-bond acceptors (Lipinski definition) is 10. The molecular weight excluding hydrogens is 694 g/mol. The second-order valence-electron chi connectivity index (χ2n) is 11.2. The number of hydrogen-bond donors (Lipinski definition) is 1. The van der Waals surface area contributed by atoms with Crippen molar-refractivity contribution >= 4 is 57.3 Å². The number of carbonyl (C=O) groups is 2. The van der Waals surface area contributed by atoms with Gasteiger partial charge >= 0.3 is 5.91 Å². The standard InChI is InChI=1S/C38H34ClN3O6S2/c1-3-20-47-28-17-14-25(15-18-28)34(43)32-33(26-16-19-30(31(21-26)46-4-2)48-22-24-10-6-5-7-11-24)42(36(45)35(32)44)37-40-41-38(50-37)49-23-27-12-8-9-13-29(27)39/h5-19,21,33,43H,3-4,20,22-23H2,1-2H3/b34-32+. The molecule has 2 heterocycles. The molecular formula is C38H34ClN3O6S2. The molecule has 1 N–H and O–H groups in total. The van der Waals surface area contributed by atoms with Crippen molar-refractivity contribution in [3.8, 4) is 17.2 Å². The summed E-state index contributed by atoms with van der Waals surface area (Å²) >= 11 is 8.95. The molecule has 12 heteroatoms. The molecule has 1 aliphatic heterocycles. The van der Waals surface area contributed by atoms with Crippen LogP contribution in [0.4, 0.5) is 5.13 Å². The highest BCUT2D eigenvalue weighted by atomic mass is 35.5. The predicted octanol–water partition coefficient (Wildman–Crippen LogP) is 8.88. The molecule has 256 valence electrons. The highest BCUT2D eigenvalue weighted by molar-refractivity contribution is 8.00. The fourth-order valence-electron chi connectivity index (χ4n) is 5.36. The van der Waals surface area contributed by atoms with E-state index in [1.54, 1.807) is 42.5 Å². The summed E-state index contributed by atoms with van der Waals surface area (Å²) in [7, 11) is 0.